The third kappa shape index (κ3) is 5.27. The van der Waals surface area contributed by atoms with Gasteiger partial charge in [-0.25, -0.2) is 12.7 Å². The van der Waals surface area contributed by atoms with Crippen LogP contribution in [0.3, 0.4) is 0 Å². The molecule has 0 aliphatic carbocycles. The molecule has 2 unspecified atom stereocenters. The van der Waals surface area contributed by atoms with Gasteiger partial charge in [0.05, 0.1) is 11.6 Å². The van der Waals surface area contributed by atoms with Gasteiger partial charge in [-0.15, -0.1) is 0 Å². The monoisotopic (exact) mass is 610 g/mol. The maximum atomic E-state index is 14.2. The summed E-state index contributed by atoms with van der Waals surface area (Å²) in [4.78, 5) is 32.7. The summed E-state index contributed by atoms with van der Waals surface area (Å²) in [5, 5.41) is 0.841. The fraction of sp³-hybridized carbons (Fsp3) is 0.407. The second kappa shape index (κ2) is 10.9. The topological polar surface area (TPSA) is 81.2 Å². The summed E-state index contributed by atoms with van der Waals surface area (Å²) in [5.41, 5.74) is 0.800. The van der Waals surface area contributed by atoms with Crippen LogP contribution in [0, 0.1) is 0 Å². The summed E-state index contributed by atoms with van der Waals surface area (Å²) in [5.74, 6) is -0.428. The van der Waals surface area contributed by atoms with Gasteiger partial charge in [0.2, 0.25) is 11.8 Å². The number of likely N-dealkylation sites (tertiary alicyclic amines) is 1. The van der Waals surface area contributed by atoms with Crippen LogP contribution in [0.2, 0.25) is 15.1 Å². The van der Waals surface area contributed by atoms with E-state index >= 15 is 0 Å². The quantitative estimate of drug-likeness (QED) is 0.477. The summed E-state index contributed by atoms with van der Waals surface area (Å²) in [6.07, 6.45) is 3.50. The Bertz CT molecular complexity index is 1430. The van der Waals surface area contributed by atoms with Crippen LogP contribution in [0.25, 0.3) is 0 Å². The first-order valence-electron chi connectivity index (χ1n) is 12.8. The van der Waals surface area contributed by atoms with E-state index in [9.17, 15) is 18.0 Å². The average molecular weight is 612 g/mol. The van der Waals surface area contributed by atoms with Gasteiger partial charge in [-0.2, -0.15) is 0 Å². The maximum absolute atomic E-state index is 14.2. The Morgan fingerprint density at radius 1 is 0.923 bits per heavy atom. The SMILES string of the molecule is CC(C)N1C=C2N(C(=O)C(N3CCCC3)CN2S(=O)(=O)c2ccc(Cl)cc2Cl)C(Cc2ccc(Cl)cc2)C1=O. The molecular weight excluding hydrogens is 583 g/mol. The number of hydrogen-bond acceptors (Lipinski definition) is 5. The van der Waals surface area contributed by atoms with Crippen LogP contribution in [0.5, 0.6) is 0 Å². The Hall–Kier alpha value is -2.30. The molecule has 0 N–H and O–H groups in total. The number of fused-ring (bicyclic) bond motifs is 1. The van der Waals surface area contributed by atoms with Gasteiger partial charge in [-0.1, -0.05) is 46.9 Å². The second-order valence-corrected chi connectivity index (χ2v) is 13.4. The molecule has 5 rings (SSSR count). The van der Waals surface area contributed by atoms with Gasteiger partial charge < -0.3 is 4.90 Å². The number of nitrogens with zero attached hydrogens (tertiary/aromatic N) is 4. The third-order valence-electron chi connectivity index (χ3n) is 7.41. The smallest absolute Gasteiger partial charge is 0.267 e. The summed E-state index contributed by atoms with van der Waals surface area (Å²) in [6, 6.07) is 9.33. The van der Waals surface area contributed by atoms with Gasteiger partial charge in [-0.05, 0) is 75.7 Å². The molecule has 0 aromatic heterocycles. The van der Waals surface area contributed by atoms with Crippen LogP contribution in [0.15, 0.2) is 59.4 Å². The number of rotatable bonds is 6. The number of amides is 2. The van der Waals surface area contributed by atoms with E-state index < -0.39 is 22.1 Å². The lowest BCUT2D eigenvalue weighted by Crippen LogP contribution is -2.67. The largest absolute Gasteiger partial charge is 0.311 e. The van der Waals surface area contributed by atoms with Crippen LogP contribution < -0.4 is 0 Å². The summed E-state index contributed by atoms with van der Waals surface area (Å²) >= 11 is 18.5. The first-order valence-corrected chi connectivity index (χ1v) is 15.4. The van der Waals surface area contributed by atoms with Gasteiger partial charge in [0.15, 0.2) is 0 Å². The minimum atomic E-state index is -4.24. The predicted octanol–water partition coefficient (Wildman–Crippen LogP) is 4.60. The molecule has 208 valence electrons. The summed E-state index contributed by atoms with van der Waals surface area (Å²) in [7, 11) is -4.24. The van der Waals surface area contributed by atoms with E-state index in [2.05, 4.69) is 0 Å². The molecule has 8 nitrogen and oxygen atoms in total. The molecule has 2 saturated heterocycles. The van der Waals surface area contributed by atoms with Gasteiger partial charge >= 0.3 is 0 Å². The molecule has 2 fully saturated rings. The first-order chi connectivity index (χ1) is 18.5. The van der Waals surface area contributed by atoms with Gasteiger partial charge in [0, 0.05) is 28.7 Å². The van der Waals surface area contributed by atoms with Gasteiger partial charge in [0.1, 0.15) is 22.8 Å². The number of halogens is 3. The highest BCUT2D eigenvalue weighted by Crippen LogP contribution is 2.38. The number of hydrogen-bond donors (Lipinski definition) is 0. The highest BCUT2D eigenvalue weighted by molar-refractivity contribution is 7.89. The van der Waals surface area contributed by atoms with Crippen molar-refractivity contribution in [3.8, 4) is 0 Å². The van der Waals surface area contributed by atoms with Crippen LogP contribution in [0.4, 0.5) is 0 Å². The Morgan fingerprint density at radius 3 is 2.18 bits per heavy atom. The van der Waals surface area contributed by atoms with Crippen LogP contribution in [-0.2, 0) is 26.0 Å². The fourth-order valence-corrected chi connectivity index (χ4v) is 7.74. The van der Waals surface area contributed by atoms with E-state index in [-0.39, 0.29) is 46.6 Å². The molecule has 12 heteroatoms. The second-order valence-electron chi connectivity index (χ2n) is 10.3. The van der Waals surface area contributed by atoms with Gasteiger partial charge in [-0.3, -0.25) is 19.4 Å². The lowest BCUT2D eigenvalue weighted by molar-refractivity contribution is -0.152. The molecule has 0 saturated carbocycles. The highest BCUT2D eigenvalue weighted by Gasteiger charge is 2.51. The first kappa shape index (κ1) is 28.2. The lowest BCUT2D eigenvalue weighted by Gasteiger charge is -2.50. The van der Waals surface area contributed by atoms with Crippen molar-refractivity contribution in [3.05, 3.63) is 75.1 Å². The number of benzene rings is 2. The Labute approximate surface area is 243 Å². The Balaban J connectivity index is 1.66. The average Bonchev–Trinajstić information content (AvgIpc) is 3.41. The summed E-state index contributed by atoms with van der Waals surface area (Å²) < 4.78 is 29.6. The molecule has 3 aliphatic heterocycles. The predicted molar refractivity (Wildman–Crippen MR) is 151 cm³/mol. The molecule has 2 atom stereocenters. The van der Waals surface area contributed by atoms with E-state index in [0.29, 0.717) is 23.1 Å². The Morgan fingerprint density at radius 2 is 1.56 bits per heavy atom. The fourth-order valence-electron chi connectivity index (χ4n) is 5.41. The zero-order chi connectivity index (χ0) is 28.1. The van der Waals surface area contributed by atoms with Crippen LogP contribution in [0.1, 0.15) is 32.3 Å². The van der Waals surface area contributed by atoms with Crippen LogP contribution >= 0.6 is 34.8 Å². The van der Waals surface area contributed by atoms with Crippen molar-refractivity contribution in [2.75, 3.05) is 19.6 Å². The van der Waals surface area contributed by atoms with Crippen molar-refractivity contribution in [1.82, 2.24) is 19.0 Å². The Kier molecular flexibility index (Phi) is 7.92. The molecule has 0 bridgehead atoms. The van der Waals surface area contributed by atoms with Crippen molar-refractivity contribution < 1.29 is 18.0 Å². The van der Waals surface area contributed by atoms with E-state index in [1.54, 1.807) is 12.1 Å². The molecule has 2 amide bonds. The van der Waals surface area contributed by atoms with Crippen molar-refractivity contribution in [1.29, 1.82) is 0 Å². The lowest BCUT2D eigenvalue weighted by atomic mass is 9.98. The van der Waals surface area contributed by atoms with E-state index in [1.165, 1.54) is 38.5 Å². The molecule has 3 aliphatic rings. The minimum Gasteiger partial charge on any atom is -0.311 e. The number of sulfonamides is 1. The van der Waals surface area contributed by atoms with Crippen LogP contribution in [-0.4, -0.2) is 77.0 Å². The molecular formula is C27H29Cl3N4O4S. The molecule has 2 aromatic carbocycles. The molecule has 2 aromatic rings. The van der Waals surface area contributed by atoms with E-state index in [1.807, 2.05) is 30.9 Å². The highest BCUT2D eigenvalue weighted by atomic mass is 35.5. The van der Waals surface area contributed by atoms with Crippen molar-refractivity contribution in [3.63, 3.8) is 0 Å². The van der Waals surface area contributed by atoms with Gasteiger partial charge in [0.25, 0.3) is 10.0 Å². The summed E-state index contributed by atoms with van der Waals surface area (Å²) in [6.45, 7) is 4.95. The molecule has 0 radical (unpaired) electrons. The minimum absolute atomic E-state index is 0.0189. The van der Waals surface area contributed by atoms with E-state index in [0.717, 1.165) is 18.4 Å². The van der Waals surface area contributed by atoms with E-state index in [4.69, 9.17) is 34.8 Å². The number of carbonyl (C=O) groups excluding carboxylic acids is 2. The normalized spacial score (nSPS) is 22.5. The molecule has 3 heterocycles. The van der Waals surface area contributed by atoms with Crippen molar-refractivity contribution in [2.45, 2.75) is 56.1 Å². The number of carbonyl (C=O) groups is 2. The van der Waals surface area contributed by atoms with Crippen molar-refractivity contribution in [2.24, 2.45) is 0 Å². The zero-order valence-corrected chi connectivity index (χ0v) is 24.6. The standard InChI is InChI=1S/C27H29Cl3N4O4S/c1-17(2)32-16-25-33(39(37,38)24-10-9-20(29)14-21(24)30)15-23(31-11-3-4-12-31)27(36)34(25)22(26(32)35)13-18-5-7-19(28)8-6-18/h5-10,14,16-17,22-23H,3-4,11-13,15H2,1-2H3. The maximum Gasteiger partial charge on any atom is 0.267 e. The van der Waals surface area contributed by atoms with Crippen molar-refractivity contribution >= 4 is 56.6 Å². The molecule has 0 spiro atoms. The zero-order valence-electron chi connectivity index (χ0n) is 21.6. The third-order valence-corrected chi connectivity index (χ3v) is 10.2. The molecule has 39 heavy (non-hydrogen) atoms.